The average Bonchev–Trinajstić information content (AvgIpc) is 2.76. The highest BCUT2D eigenvalue weighted by Crippen LogP contribution is 2.37. The number of hydrogen-bond donors (Lipinski definition) is 0. The Hall–Kier alpha value is -1.08. The minimum Gasteiger partial charge on any atom is -0.497 e. The van der Waals surface area contributed by atoms with Crippen LogP contribution in [-0.2, 0) is 18.8 Å². The summed E-state index contributed by atoms with van der Waals surface area (Å²) in [6.45, 7) is 9.87. The summed E-state index contributed by atoms with van der Waals surface area (Å²) in [6, 6.07) is 6.10. The van der Waals surface area contributed by atoms with Crippen molar-refractivity contribution in [2.75, 3.05) is 27.1 Å². The fourth-order valence-electron chi connectivity index (χ4n) is 2.79. The van der Waals surface area contributed by atoms with E-state index in [1.54, 1.807) is 7.11 Å². The molecule has 2 aliphatic rings. The molecule has 126 valence electrons. The third kappa shape index (κ3) is 3.26. The number of benzene rings is 1. The van der Waals surface area contributed by atoms with E-state index >= 15 is 0 Å². The van der Waals surface area contributed by atoms with E-state index in [1.807, 2.05) is 12.1 Å². The highest BCUT2D eigenvalue weighted by atomic mass is 16.7. The van der Waals surface area contributed by atoms with Gasteiger partial charge in [0.05, 0.1) is 31.5 Å². The second-order valence-electron chi connectivity index (χ2n) is 7.18. The van der Waals surface area contributed by atoms with Crippen LogP contribution in [0.3, 0.4) is 0 Å². The molecule has 2 aliphatic heterocycles. The summed E-state index contributed by atoms with van der Waals surface area (Å²) in [5, 5.41) is 0. The molecule has 1 aromatic rings. The molecule has 0 amide bonds. The molecule has 0 atom stereocenters. The van der Waals surface area contributed by atoms with Crippen molar-refractivity contribution in [1.82, 2.24) is 0 Å². The first-order valence-corrected chi connectivity index (χ1v) is 8.02. The number of rotatable bonds is 3. The van der Waals surface area contributed by atoms with Gasteiger partial charge in [0.1, 0.15) is 12.5 Å². The van der Waals surface area contributed by atoms with E-state index in [4.69, 9.17) is 23.5 Å². The van der Waals surface area contributed by atoms with Crippen molar-refractivity contribution in [3.63, 3.8) is 0 Å². The second kappa shape index (κ2) is 6.09. The third-order valence-corrected chi connectivity index (χ3v) is 4.99. The van der Waals surface area contributed by atoms with Crippen LogP contribution in [0.4, 0.5) is 0 Å². The van der Waals surface area contributed by atoms with Crippen molar-refractivity contribution in [2.24, 2.45) is 0 Å². The predicted octanol–water partition coefficient (Wildman–Crippen LogP) is 2.08. The molecule has 3 rings (SSSR count). The van der Waals surface area contributed by atoms with Crippen LogP contribution in [0, 0.1) is 0 Å². The van der Waals surface area contributed by atoms with Crippen molar-refractivity contribution >= 4 is 12.6 Å². The van der Waals surface area contributed by atoms with Crippen molar-refractivity contribution in [3.05, 3.63) is 23.8 Å². The van der Waals surface area contributed by atoms with Gasteiger partial charge in [0.2, 0.25) is 0 Å². The lowest BCUT2D eigenvalue weighted by molar-refractivity contribution is -0.108. The topological polar surface area (TPSA) is 46.2 Å². The van der Waals surface area contributed by atoms with Gasteiger partial charge in [0.25, 0.3) is 0 Å². The molecule has 1 aromatic carbocycles. The molecule has 23 heavy (non-hydrogen) atoms. The molecule has 0 aromatic heterocycles. The van der Waals surface area contributed by atoms with Crippen molar-refractivity contribution in [2.45, 2.75) is 44.8 Å². The molecule has 2 fully saturated rings. The van der Waals surface area contributed by atoms with Gasteiger partial charge in [-0.1, -0.05) is 6.07 Å². The molecule has 2 heterocycles. The van der Waals surface area contributed by atoms with Gasteiger partial charge in [-0.05, 0) is 50.9 Å². The van der Waals surface area contributed by atoms with Gasteiger partial charge in [-0.15, -0.1) is 0 Å². The van der Waals surface area contributed by atoms with Gasteiger partial charge in [-0.3, -0.25) is 0 Å². The number of ether oxygens (including phenoxy) is 3. The summed E-state index contributed by atoms with van der Waals surface area (Å²) >= 11 is 0. The largest absolute Gasteiger partial charge is 0.497 e. The smallest absolute Gasteiger partial charge is 0.494 e. The molecule has 5 nitrogen and oxygen atoms in total. The van der Waals surface area contributed by atoms with Crippen LogP contribution in [0.2, 0.25) is 0 Å². The van der Waals surface area contributed by atoms with E-state index in [1.165, 1.54) is 0 Å². The van der Waals surface area contributed by atoms with Crippen LogP contribution < -0.4 is 10.2 Å². The zero-order valence-electron chi connectivity index (χ0n) is 14.5. The molecule has 0 saturated carbocycles. The maximum atomic E-state index is 6.15. The third-order valence-electron chi connectivity index (χ3n) is 4.99. The molecule has 2 saturated heterocycles. The lowest BCUT2D eigenvalue weighted by Gasteiger charge is -2.32. The Kier molecular flexibility index (Phi) is 4.44. The Morgan fingerprint density at radius 1 is 1.00 bits per heavy atom. The van der Waals surface area contributed by atoms with E-state index in [0.717, 1.165) is 16.8 Å². The van der Waals surface area contributed by atoms with Gasteiger partial charge in [-0.25, -0.2) is 0 Å². The van der Waals surface area contributed by atoms with E-state index in [2.05, 4.69) is 33.8 Å². The fraction of sp³-hybridized carbons (Fsp3) is 0.647. The van der Waals surface area contributed by atoms with E-state index in [-0.39, 0.29) is 17.1 Å². The van der Waals surface area contributed by atoms with E-state index in [9.17, 15) is 0 Å². The first kappa shape index (κ1) is 16.8. The van der Waals surface area contributed by atoms with Crippen LogP contribution in [0.5, 0.6) is 5.75 Å². The highest BCUT2D eigenvalue weighted by Gasteiger charge is 2.51. The molecule has 0 bridgehead atoms. The molecule has 0 aliphatic carbocycles. The number of hydrogen-bond acceptors (Lipinski definition) is 5. The van der Waals surface area contributed by atoms with Gasteiger partial charge in [0.15, 0.2) is 0 Å². The molecule has 0 unspecified atom stereocenters. The lowest BCUT2D eigenvalue weighted by Crippen LogP contribution is -2.41. The minimum absolute atomic E-state index is 0.194. The van der Waals surface area contributed by atoms with Gasteiger partial charge in [-0.2, -0.15) is 0 Å². The summed E-state index contributed by atoms with van der Waals surface area (Å²) in [6.07, 6.45) is 0. The second-order valence-corrected chi connectivity index (χ2v) is 7.18. The van der Waals surface area contributed by atoms with E-state index < -0.39 is 7.12 Å². The standard InChI is InChI=1S/C17H25BO5/c1-16(2)17(3,4)23-18(22-16)14-6-12(7-15(8-14)19-5)13-9-20-11-21-10-13/h6-8,13H,9-11H2,1-5H3. The van der Waals surface area contributed by atoms with Crippen molar-refractivity contribution < 1.29 is 23.5 Å². The molecular weight excluding hydrogens is 295 g/mol. The Morgan fingerprint density at radius 2 is 1.61 bits per heavy atom. The predicted molar refractivity (Wildman–Crippen MR) is 88.2 cm³/mol. The first-order valence-electron chi connectivity index (χ1n) is 8.02. The Balaban J connectivity index is 1.90. The Labute approximate surface area is 138 Å². The highest BCUT2D eigenvalue weighted by molar-refractivity contribution is 6.62. The molecular formula is C17H25BO5. The average molecular weight is 320 g/mol. The molecule has 0 radical (unpaired) electrons. The van der Waals surface area contributed by atoms with Crippen molar-refractivity contribution in [3.8, 4) is 5.75 Å². The SMILES string of the molecule is COc1cc(B2OC(C)(C)C(C)(C)O2)cc(C2COCOC2)c1. The monoisotopic (exact) mass is 320 g/mol. The maximum Gasteiger partial charge on any atom is 0.494 e. The van der Waals surface area contributed by atoms with Gasteiger partial charge in [0, 0.05) is 5.92 Å². The van der Waals surface area contributed by atoms with Crippen molar-refractivity contribution in [1.29, 1.82) is 0 Å². The van der Waals surface area contributed by atoms with Crippen LogP contribution in [0.25, 0.3) is 0 Å². The Morgan fingerprint density at radius 3 is 2.17 bits per heavy atom. The zero-order valence-corrected chi connectivity index (χ0v) is 14.5. The molecule has 6 heteroatoms. The lowest BCUT2D eigenvalue weighted by atomic mass is 9.77. The summed E-state index contributed by atoms with van der Waals surface area (Å²) in [5.41, 5.74) is 1.35. The van der Waals surface area contributed by atoms with Crippen LogP contribution in [-0.4, -0.2) is 45.4 Å². The van der Waals surface area contributed by atoms with E-state index in [0.29, 0.717) is 20.0 Å². The maximum absolute atomic E-state index is 6.15. The molecule has 0 N–H and O–H groups in total. The van der Waals surface area contributed by atoms with Crippen LogP contribution >= 0.6 is 0 Å². The fourth-order valence-corrected chi connectivity index (χ4v) is 2.79. The summed E-state index contributed by atoms with van der Waals surface area (Å²) in [4.78, 5) is 0. The Bertz CT molecular complexity index is 550. The van der Waals surface area contributed by atoms with Gasteiger partial charge < -0.3 is 23.5 Å². The zero-order chi connectivity index (χ0) is 16.7. The summed E-state index contributed by atoms with van der Waals surface area (Å²) in [7, 11) is 1.26. The number of methoxy groups -OCH3 is 1. The summed E-state index contributed by atoms with van der Waals surface area (Å²) in [5.74, 6) is 0.984. The van der Waals surface area contributed by atoms with Crippen LogP contribution in [0.15, 0.2) is 18.2 Å². The first-order chi connectivity index (χ1) is 10.8. The normalized spacial score (nSPS) is 24.0. The minimum atomic E-state index is -0.403. The van der Waals surface area contributed by atoms with Crippen LogP contribution in [0.1, 0.15) is 39.2 Å². The quantitative estimate of drug-likeness (QED) is 0.798. The molecule has 0 spiro atoms. The summed E-state index contributed by atoms with van der Waals surface area (Å²) < 4.78 is 28.6. The van der Waals surface area contributed by atoms with Gasteiger partial charge >= 0.3 is 7.12 Å².